The van der Waals surface area contributed by atoms with Crippen LogP contribution in [0.5, 0.6) is 0 Å². The Labute approximate surface area is 130 Å². The zero-order valence-electron chi connectivity index (χ0n) is 11.8. The Balaban J connectivity index is 1.91. The Morgan fingerprint density at radius 3 is 2.91 bits per heavy atom. The van der Waals surface area contributed by atoms with E-state index in [1.807, 2.05) is 12.1 Å². The smallest absolute Gasteiger partial charge is 0.246 e. The van der Waals surface area contributed by atoms with Crippen molar-refractivity contribution in [2.24, 2.45) is 10.8 Å². The molecule has 0 unspecified atom stereocenters. The molecule has 2 heterocycles. The van der Waals surface area contributed by atoms with Gasteiger partial charge in [0, 0.05) is 6.20 Å². The highest BCUT2D eigenvalue weighted by Crippen LogP contribution is 2.24. The molecule has 2 aromatic heterocycles. The number of pyridine rings is 1. The Bertz CT molecular complexity index is 937. The van der Waals surface area contributed by atoms with Gasteiger partial charge >= 0.3 is 0 Å². The first-order chi connectivity index (χ1) is 11.2. The molecule has 0 radical (unpaired) electrons. The van der Waals surface area contributed by atoms with E-state index in [0.717, 1.165) is 0 Å². The molecule has 0 spiro atoms. The van der Waals surface area contributed by atoms with Crippen LogP contribution in [0.25, 0.3) is 22.7 Å². The maximum Gasteiger partial charge on any atom is 0.246 e. The number of rotatable bonds is 4. The van der Waals surface area contributed by atoms with Crippen LogP contribution in [0.2, 0.25) is 0 Å². The summed E-state index contributed by atoms with van der Waals surface area (Å²) in [4.78, 5) is 8.57. The van der Waals surface area contributed by atoms with Crippen molar-refractivity contribution < 1.29 is 4.42 Å². The zero-order valence-corrected chi connectivity index (χ0v) is 11.8. The van der Waals surface area contributed by atoms with Crippen molar-refractivity contribution in [3.63, 3.8) is 0 Å². The van der Waals surface area contributed by atoms with Gasteiger partial charge in [-0.05, 0) is 30.3 Å². The van der Waals surface area contributed by atoms with Gasteiger partial charge in [0.05, 0.1) is 5.69 Å². The molecule has 3 rings (SSSR count). The summed E-state index contributed by atoms with van der Waals surface area (Å²) in [6.07, 6.45) is 1.66. The molecule has 4 N–H and O–H groups in total. The van der Waals surface area contributed by atoms with Crippen LogP contribution in [0.3, 0.4) is 0 Å². The van der Waals surface area contributed by atoms with Gasteiger partial charge in [0.25, 0.3) is 0 Å². The molecule has 0 aliphatic carbocycles. The number of hydrazone groups is 1. The van der Waals surface area contributed by atoms with Gasteiger partial charge in [0.1, 0.15) is 17.3 Å². The van der Waals surface area contributed by atoms with Gasteiger partial charge in [-0.3, -0.25) is 15.8 Å². The highest BCUT2D eigenvalue weighted by molar-refractivity contribution is 6.45. The molecule has 23 heavy (non-hydrogen) atoms. The Morgan fingerprint density at radius 1 is 1.35 bits per heavy atom. The summed E-state index contributed by atoms with van der Waals surface area (Å²) in [5.74, 6) is 0.0163. The van der Waals surface area contributed by atoms with E-state index in [-0.39, 0.29) is 5.71 Å². The third-order valence-corrected chi connectivity index (χ3v) is 2.93. The first-order valence-electron chi connectivity index (χ1n) is 6.57. The number of nitrogens with zero attached hydrogens (tertiary/aromatic N) is 4. The van der Waals surface area contributed by atoms with Crippen LogP contribution in [0.15, 0.2) is 52.1 Å². The maximum absolute atomic E-state index is 8.80. The lowest BCUT2D eigenvalue weighted by Gasteiger charge is -2.00. The largest absolute Gasteiger partial charge is 0.435 e. The van der Waals surface area contributed by atoms with Gasteiger partial charge in [-0.1, -0.05) is 6.07 Å². The molecule has 1 aromatic carbocycles. The molecule has 8 heteroatoms. The molecule has 0 bridgehead atoms. The fraction of sp³-hybridized carbons (Fsp3) is 0. The van der Waals surface area contributed by atoms with Gasteiger partial charge in [-0.15, -0.1) is 0 Å². The Kier molecular flexibility index (Phi) is 3.68. The number of amidine groups is 1. The van der Waals surface area contributed by atoms with Gasteiger partial charge in [0.2, 0.25) is 11.6 Å². The van der Waals surface area contributed by atoms with Crippen LogP contribution in [0, 0.1) is 16.7 Å². The van der Waals surface area contributed by atoms with Crippen molar-refractivity contribution in [3.8, 4) is 17.7 Å². The quantitative estimate of drug-likeness (QED) is 0.383. The standard InChI is InChI=1S/C15H11N7O/c16-8-12(14(17)18)22-21-9-4-5-13-11(7-9)20-15(23-13)10-3-1-2-6-19-10/h1-7,21H,(H3,17,18)/b22-12+. The van der Waals surface area contributed by atoms with E-state index in [1.165, 1.54) is 0 Å². The summed E-state index contributed by atoms with van der Waals surface area (Å²) >= 11 is 0. The highest BCUT2D eigenvalue weighted by Gasteiger charge is 2.09. The molecule has 0 saturated heterocycles. The molecule has 3 aromatic rings. The van der Waals surface area contributed by atoms with Crippen molar-refractivity contribution in [2.75, 3.05) is 5.43 Å². The fourth-order valence-electron chi connectivity index (χ4n) is 1.86. The minimum Gasteiger partial charge on any atom is -0.435 e. The molecular weight excluding hydrogens is 294 g/mol. The maximum atomic E-state index is 8.80. The van der Waals surface area contributed by atoms with Crippen molar-refractivity contribution in [1.29, 1.82) is 10.7 Å². The Morgan fingerprint density at radius 2 is 2.22 bits per heavy atom. The molecule has 0 amide bonds. The molecular formula is C15H11N7O. The summed E-state index contributed by atoms with van der Waals surface area (Å²) in [6, 6.07) is 12.4. The summed E-state index contributed by atoms with van der Waals surface area (Å²) in [7, 11) is 0. The summed E-state index contributed by atoms with van der Waals surface area (Å²) in [5.41, 5.74) is 10.1. The zero-order chi connectivity index (χ0) is 16.2. The molecule has 0 fully saturated rings. The van der Waals surface area contributed by atoms with E-state index in [0.29, 0.717) is 28.4 Å². The van der Waals surface area contributed by atoms with E-state index in [1.54, 1.807) is 36.5 Å². The molecule has 0 aliphatic heterocycles. The van der Waals surface area contributed by atoms with Crippen molar-refractivity contribution >= 4 is 28.3 Å². The normalized spacial score (nSPS) is 11.2. The second-order valence-corrected chi connectivity index (χ2v) is 4.51. The van der Waals surface area contributed by atoms with Gasteiger partial charge < -0.3 is 10.2 Å². The van der Waals surface area contributed by atoms with Crippen molar-refractivity contribution in [3.05, 3.63) is 42.6 Å². The molecule has 0 saturated carbocycles. The van der Waals surface area contributed by atoms with Crippen LogP contribution >= 0.6 is 0 Å². The first kappa shape index (κ1) is 14.2. The molecule has 0 atom stereocenters. The van der Waals surface area contributed by atoms with E-state index in [4.69, 9.17) is 20.8 Å². The summed E-state index contributed by atoms with van der Waals surface area (Å²) in [6.45, 7) is 0. The van der Waals surface area contributed by atoms with Crippen LogP contribution in [-0.2, 0) is 0 Å². The lowest BCUT2D eigenvalue weighted by atomic mass is 10.3. The topological polar surface area (TPSA) is 137 Å². The average Bonchev–Trinajstić information content (AvgIpc) is 2.99. The van der Waals surface area contributed by atoms with E-state index < -0.39 is 5.84 Å². The van der Waals surface area contributed by atoms with Gasteiger partial charge in [-0.2, -0.15) is 10.4 Å². The van der Waals surface area contributed by atoms with Crippen LogP contribution in [0.1, 0.15) is 0 Å². The second kappa shape index (κ2) is 5.95. The van der Waals surface area contributed by atoms with Crippen LogP contribution in [0.4, 0.5) is 5.69 Å². The summed E-state index contributed by atoms with van der Waals surface area (Å²) in [5, 5.41) is 19.8. The lowest BCUT2D eigenvalue weighted by Crippen LogP contribution is -2.21. The average molecular weight is 305 g/mol. The Hall–Kier alpha value is -3.73. The van der Waals surface area contributed by atoms with Crippen molar-refractivity contribution in [1.82, 2.24) is 9.97 Å². The number of fused-ring (bicyclic) bond motifs is 1. The minimum absolute atomic E-state index is 0.195. The number of oxazole rings is 1. The third kappa shape index (κ3) is 2.98. The molecule has 0 aliphatic rings. The first-order valence-corrected chi connectivity index (χ1v) is 6.57. The number of nitrogens with two attached hydrogens (primary N) is 1. The number of benzene rings is 1. The number of anilines is 1. The van der Waals surface area contributed by atoms with Crippen LogP contribution in [-0.4, -0.2) is 21.5 Å². The highest BCUT2D eigenvalue weighted by atomic mass is 16.3. The third-order valence-electron chi connectivity index (χ3n) is 2.93. The predicted octanol–water partition coefficient (Wildman–Crippen LogP) is 2.12. The summed E-state index contributed by atoms with van der Waals surface area (Å²) < 4.78 is 5.65. The lowest BCUT2D eigenvalue weighted by molar-refractivity contribution is 0.617. The second-order valence-electron chi connectivity index (χ2n) is 4.51. The number of hydrogen-bond donors (Lipinski definition) is 3. The molecule has 112 valence electrons. The van der Waals surface area contributed by atoms with E-state index in [2.05, 4.69) is 20.5 Å². The number of aromatic nitrogens is 2. The predicted molar refractivity (Wildman–Crippen MR) is 85.8 cm³/mol. The number of nitrogens with one attached hydrogen (secondary N) is 2. The number of nitriles is 1. The van der Waals surface area contributed by atoms with Gasteiger partial charge in [-0.25, -0.2) is 4.98 Å². The van der Waals surface area contributed by atoms with Crippen molar-refractivity contribution in [2.45, 2.75) is 0 Å². The van der Waals surface area contributed by atoms with Crippen LogP contribution < -0.4 is 11.2 Å². The fourth-order valence-corrected chi connectivity index (χ4v) is 1.86. The SMILES string of the molecule is N#C/C(=N\Nc1ccc2oc(-c3ccccn3)nc2c1)C(=N)N. The van der Waals surface area contributed by atoms with E-state index >= 15 is 0 Å². The minimum atomic E-state index is -0.403. The molecule has 8 nitrogen and oxygen atoms in total. The van der Waals surface area contributed by atoms with Gasteiger partial charge in [0.15, 0.2) is 11.4 Å². The van der Waals surface area contributed by atoms with E-state index in [9.17, 15) is 0 Å². The number of hydrogen-bond acceptors (Lipinski definition) is 7. The monoisotopic (exact) mass is 305 g/mol.